The fourth-order valence-electron chi connectivity index (χ4n) is 4.39. The van der Waals surface area contributed by atoms with Crippen molar-refractivity contribution in [2.24, 2.45) is 0 Å². The van der Waals surface area contributed by atoms with Crippen LogP contribution in [0.15, 0.2) is 104 Å². The fourth-order valence-corrected chi connectivity index (χ4v) is 4.39. The van der Waals surface area contributed by atoms with Crippen LogP contribution in [0.25, 0.3) is 10.9 Å². The average Bonchev–Trinajstić information content (AvgIpc) is 3.47. The lowest BCUT2D eigenvalue weighted by atomic mass is 9.95. The molecule has 5 aromatic rings. The van der Waals surface area contributed by atoms with Crippen molar-refractivity contribution in [3.8, 4) is 0 Å². The van der Waals surface area contributed by atoms with Crippen molar-refractivity contribution in [3.63, 3.8) is 0 Å². The molecule has 1 unspecified atom stereocenters. The summed E-state index contributed by atoms with van der Waals surface area (Å²) in [6, 6.07) is 27.8. The van der Waals surface area contributed by atoms with E-state index in [1.165, 1.54) is 5.56 Å². The minimum atomic E-state index is -0.400. The van der Waals surface area contributed by atoms with Gasteiger partial charge in [0.05, 0.1) is 18.8 Å². The Kier molecular flexibility index (Phi) is 5.87. The molecule has 0 saturated carbocycles. The smallest absolute Gasteiger partial charge is 0.186 e. The molecule has 1 atom stereocenters. The molecule has 0 radical (unpaired) electrons. The summed E-state index contributed by atoms with van der Waals surface area (Å²) in [4.78, 5) is 19.2. The maximum Gasteiger partial charge on any atom is 0.186 e. The number of benzene rings is 3. The molecule has 2 heterocycles. The number of fused-ring (bicyclic) bond motifs is 1. The summed E-state index contributed by atoms with van der Waals surface area (Å²) in [6.07, 6.45) is 5.77. The molecule has 0 aliphatic heterocycles. The van der Waals surface area contributed by atoms with Gasteiger partial charge in [-0.3, -0.25) is 14.4 Å². The Morgan fingerprint density at radius 3 is 2.42 bits per heavy atom. The summed E-state index contributed by atoms with van der Waals surface area (Å²) >= 11 is 0. The van der Waals surface area contributed by atoms with Crippen molar-refractivity contribution >= 4 is 16.7 Å². The summed E-state index contributed by atoms with van der Waals surface area (Å²) in [5.74, 6) is 0.0813. The summed E-state index contributed by atoms with van der Waals surface area (Å²) in [7, 11) is 2.00. The number of carbonyl (C=O) groups is 1. The summed E-state index contributed by atoms with van der Waals surface area (Å²) < 4.78 is 1.94. The Hall–Kier alpha value is -3.96. The number of hydrogen-bond donors (Lipinski definition) is 1. The first-order chi connectivity index (χ1) is 16.2. The number of para-hydroxylation sites is 1. The molecule has 0 aliphatic rings. The third-order valence-electron chi connectivity index (χ3n) is 5.97. The first kappa shape index (κ1) is 20.9. The number of likely N-dealkylation sites (N-methyl/N-ethyl adjacent to an activating group) is 1. The maximum atomic E-state index is 13.8. The molecule has 0 spiro atoms. The van der Waals surface area contributed by atoms with E-state index in [0.29, 0.717) is 12.1 Å². The van der Waals surface area contributed by atoms with Crippen LogP contribution in [0.3, 0.4) is 0 Å². The van der Waals surface area contributed by atoms with Crippen molar-refractivity contribution in [2.45, 2.75) is 19.1 Å². The van der Waals surface area contributed by atoms with Crippen LogP contribution < -0.4 is 0 Å². The van der Waals surface area contributed by atoms with E-state index in [0.717, 1.165) is 28.6 Å². The number of ketones is 1. The van der Waals surface area contributed by atoms with Crippen LogP contribution in [0.5, 0.6) is 0 Å². The van der Waals surface area contributed by atoms with Crippen molar-refractivity contribution in [1.29, 1.82) is 0 Å². The number of aromatic nitrogens is 3. The zero-order valence-electron chi connectivity index (χ0n) is 18.6. The largest absolute Gasteiger partial charge is 0.360 e. The SMILES string of the molecule is CN(Cc1cnn(Cc2ccccc2)c1)C(C(=O)c1c[nH]c2ccccc12)c1ccccc1. The quantitative estimate of drug-likeness (QED) is 0.330. The van der Waals surface area contributed by atoms with Crippen LogP contribution in [0.1, 0.15) is 33.1 Å². The third kappa shape index (κ3) is 4.49. The van der Waals surface area contributed by atoms with E-state index in [4.69, 9.17) is 0 Å². The van der Waals surface area contributed by atoms with E-state index in [-0.39, 0.29) is 5.78 Å². The van der Waals surface area contributed by atoms with E-state index < -0.39 is 6.04 Å². The van der Waals surface area contributed by atoms with Crippen LogP contribution in [-0.4, -0.2) is 32.5 Å². The van der Waals surface area contributed by atoms with Crippen molar-refractivity contribution in [2.75, 3.05) is 7.05 Å². The van der Waals surface area contributed by atoms with Crippen LogP contribution in [0.4, 0.5) is 0 Å². The van der Waals surface area contributed by atoms with Gasteiger partial charge in [-0.25, -0.2) is 0 Å². The Morgan fingerprint density at radius 2 is 1.64 bits per heavy atom. The highest BCUT2D eigenvalue weighted by Crippen LogP contribution is 2.29. The van der Waals surface area contributed by atoms with Crippen LogP contribution in [0, 0.1) is 0 Å². The van der Waals surface area contributed by atoms with Gasteiger partial charge in [-0.2, -0.15) is 5.10 Å². The van der Waals surface area contributed by atoms with Crippen LogP contribution in [-0.2, 0) is 13.1 Å². The van der Waals surface area contributed by atoms with E-state index in [9.17, 15) is 4.79 Å². The molecule has 33 heavy (non-hydrogen) atoms. The van der Waals surface area contributed by atoms with Gasteiger partial charge in [-0.15, -0.1) is 0 Å². The zero-order valence-corrected chi connectivity index (χ0v) is 18.6. The molecule has 0 amide bonds. The fraction of sp³-hybridized carbons (Fsp3) is 0.143. The molecule has 5 heteroatoms. The number of aromatic amines is 1. The first-order valence-electron chi connectivity index (χ1n) is 11.1. The molecule has 0 saturated heterocycles. The molecule has 3 aromatic carbocycles. The molecule has 1 N–H and O–H groups in total. The summed E-state index contributed by atoms with van der Waals surface area (Å²) in [6.45, 7) is 1.34. The molecule has 0 aliphatic carbocycles. The third-order valence-corrected chi connectivity index (χ3v) is 5.97. The summed E-state index contributed by atoms with van der Waals surface area (Å²) in [5.41, 5.74) is 4.94. The molecular formula is C28H26N4O. The number of nitrogens with one attached hydrogen (secondary N) is 1. The normalized spacial score (nSPS) is 12.3. The number of Topliss-reactive ketones (excluding diaryl/α,β-unsaturated/α-hetero) is 1. The zero-order chi connectivity index (χ0) is 22.6. The lowest BCUT2D eigenvalue weighted by Crippen LogP contribution is -2.30. The second-order valence-electron chi connectivity index (χ2n) is 8.37. The monoisotopic (exact) mass is 434 g/mol. The molecule has 2 aromatic heterocycles. The molecule has 0 bridgehead atoms. The van der Waals surface area contributed by atoms with E-state index >= 15 is 0 Å². The topological polar surface area (TPSA) is 53.9 Å². The predicted octanol–water partition coefficient (Wildman–Crippen LogP) is 5.47. The van der Waals surface area contributed by atoms with E-state index in [1.807, 2.05) is 96.9 Å². The molecular weight excluding hydrogens is 408 g/mol. The molecule has 0 fully saturated rings. The van der Waals surface area contributed by atoms with Gasteiger partial charge in [0.2, 0.25) is 0 Å². The van der Waals surface area contributed by atoms with Gasteiger partial charge in [0, 0.05) is 41.0 Å². The van der Waals surface area contributed by atoms with E-state index in [1.54, 1.807) is 0 Å². The Bertz CT molecular complexity index is 1350. The minimum absolute atomic E-state index is 0.0813. The first-order valence-corrected chi connectivity index (χ1v) is 11.1. The number of nitrogens with zero attached hydrogens (tertiary/aromatic N) is 3. The van der Waals surface area contributed by atoms with Crippen LogP contribution >= 0.6 is 0 Å². The van der Waals surface area contributed by atoms with Gasteiger partial charge in [-0.05, 0) is 24.2 Å². The molecule has 5 nitrogen and oxygen atoms in total. The Labute approximate surface area is 193 Å². The van der Waals surface area contributed by atoms with Crippen LogP contribution in [0.2, 0.25) is 0 Å². The van der Waals surface area contributed by atoms with Gasteiger partial charge in [-0.1, -0.05) is 78.9 Å². The highest BCUT2D eigenvalue weighted by molar-refractivity contribution is 6.10. The predicted molar refractivity (Wildman–Crippen MR) is 131 cm³/mol. The van der Waals surface area contributed by atoms with Gasteiger partial charge in [0.1, 0.15) is 0 Å². The van der Waals surface area contributed by atoms with Gasteiger partial charge in [0.15, 0.2) is 5.78 Å². The van der Waals surface area contributed by atoms with Crippen molar-refractivity contribution in [3.05, 3.63) is 126 Å². The maximum absolute atomic E-state index is 13.8. The Morgan fingerprint density at radius 1 is 0.939 bits per heavy atom. The highest BCUT2D eigenvalue weighted by Gasteiger charge is 2.28. The number of rotatable bonds is 8. The highest BCUT2D eigenvalue weighted by atomic mass is 16.1. The Balaban J connectivity index is 1.41. The number of hydrogen-bond acceptors (Lipinski definition) is 3. The van der Waals surface area contributed by atoms with Crippen molar-refractivity contribution in [1.82, 2.24) is 19.7 Å². The lowest BCUT2D eigenvalue weighted by molar-refractivity contribution is 0.0845. The molecule has 164 valence electrons. The minimum Gasteiger partial charge on any atom is -0.360 e. The van der Waals surface area contributed by atoms with Gasteiger partial charge < -0.3 is 4.98 Å². The van der Waals surface area contributed by atoms with Gasteiger partial charge in [0.25, 0.3) is 0 Å². The second-order valence-corrected chi connectivity index (χ2v) is 8.37. The standard InChI is InChI=1S/C28H26N4O/c1-31(18-22-16-30-32(20-22)19-21-10-4-2-5-11-21)27(23-12-6-3-7-13-23)28(33)25-17-29-26-15-9-8-14-24(25)26/h2-17,20,27,29H,18-19H2,1H3. The lowest BCUT2D eigenvalue weighted by Gasteiger charge is -2.27. The van der Waals surface area contributed by atoms with E-state index in [2.05, 4.69) is 33.3 Å². The average molecular weight is 435 g/mol. The number of carbonyl (C=O) groups excluding carboxylic acids is 1. The molecule has 5 rings (SSSR count). The van der Waals surface area contributed by atoms with Crippen molar-refractivity contribution < 1.29 is 4.79 Å². The number of H-pyrrole nitrogens is 1. The van der Waals surface area contributed by atoms with Gasteiger partial charge >= 0.3 is 0 Å². The second kappa shape index (κ2) is 9.27. The summed E-state index contributed by atoms with van der Waals surface area (Å²) in [5, 5.41) is 5.48.